The molecule has 0 saturated carbocycles. The predicted molar refractivity (Wildman–Crippen MR) is 61.8 cm³/mol. The van der Waals surface area contributed by atoms with E-state index in [2.05, 4.69) is 4.98 Å². The lowest BCUT2D eigenvalue weighted by atomic mass is 9.97. The molecule has 1 fully saturated rings. The van der Waals surface area contributed by atoms with E-state index < -0.39 is 0 Å². The summed E-state index contributed by atoms with van der Waals surface area (Å²) in [5.41, 5.74) is 0.968. The van der Waals surface area contributed by atoms with Crippen LogP contribution in [0.3, 0.4) is 0 Å². The molecule has 2 rings (SSSR count). The van der Waals surface area contributed by atoms with Crippen LogP contribution in [0.5, 0.6) is 0 Å². The molecule has 4 nitrogen and oxygen atoms in total. The molecule has 1 aromatic rings. The third-order valence-electron chi connectivity index (χ3n) is 3.09. The first-order valence-electron chi connectivity index (χ1n) is 5.63. The fraction of sp³-hybridized carbons (Fsp3) is 0.727. The summed E-state index contributed by atoms with van der Waals surface area (Å²) in [5, 5.41) is 9.64. The Morgan fingerprint density at radius 2 is 2.19 bits per heavy atom. The number of imidazole rings is 1. The summed E-state index contributed by atoms with van der Waals surface area (Å²) in [5.74, 6) is 1.26. The van der Waals surface area contributed by atoms with Crippen LogP contribution < -0.4 is 0 Å². The first-order valence-corrected chi connectivity index (χ1v) is 6.01. The van der Waals surface area contributed by atoms with Crippen molar-refractivity contribution in [2.75, 3.05) is 19.8 Å². The summed E-state index contributed by atoms with van der Waals surface area (Å²) in [6.07, 6.45) is 2.52. The standard InChI is InChI=1S/C11H17ClN2O2/c1-14-9(2-5-15)13-10(11(14)12)8-3-6-16-7-4-8/h8,15H,2-7H2,1H3. The monoisotopic (exact) mass is 244 g/mol. The number of halogens is 1. The smallest absolute Gasteiger partial charge is 0.132 e. The fourth-order valence-electron chi connectivity index (χ4n) is 2.10. The number of rotatable bonds is 3. The Morgan fingerprint density at radius 3 is 2.81 bits per heavy atom. The first-order chi connectivity index (χ1) is 7.74. The predicted octanol–water partition coefficient (Wildman–Crippen LogP) is 1.50. The van der Waals surface area contributed by atoms with Crippen LogP contribution in [-0.4, -0.2) is 34.5 Å². The molecular weight excluding hydrogens is 228 g/mol. The zero-order chi connectivity index (χ0) is 11.5. The Morgan fingerprint density at radius 1 is 1.50 bits per heavy atom. The van der Waals surface area contributed by atoms with Gasteiger partial charge in [-0.1, -0.05) is 11.6 Å². The van der Waals surface area contributed by atoms with Gasteiger partial charge in [0, 0.05) is 32.6 Å². The minimum atomic E-state index is 0.106. The molecule has 1 saturated heterocycles. The number of aliphatic hydroxyl groups is 1. The summed E-state index contributed by atoms with van der Waals surface area (Å²) in [6.45, 7) is 1.67. The van der Waals surface area contributed by atoms with Gasteiger partial charge in [0.25, 0.3) is 0 Å². The van der Waals surface area contributed by atoms with Crippen LogP contribution >= 0.6 is 11.6 Å². The number of nitrogens with zero attached hydrogens (tertiary/aromatic N) is 2. The number of hydrogen-bond donors (Lipinski definition) is 1. The fourth-order valence-corrected chi connectivity index (χ4v) is 2.39. The van der Waals surface area contributed by atoms with E-state index >= 15 is 0 Å². The van der Waals surface area contributed by atoms with Gasteiger partial charge in [-0.05, 0) is 12.8 Å². The van der Waals surface area contributed by atoms with E-state index in [1.165, 1.54) is 0 Å². The molecule has 0 unspecified atom stereocenters. The van der Waals surface area contributed by atoms with E-state index in [1.54, 1.807) is 0 Å². The second-order valence-electron chi connectivity index (χ2n) is 4.12. The molecular formula is C11H17ClN2O2. The van der Waals surface area contributed by atoms with Gasteiger partial charge in [0.15, 0.2) is 0 Å². The second kappa shape index (κ2) is 5.17. The lowest BCUT2D eigenvalue weighted by Gasteiger charge is -2.20. The topological polar surface area (TPSA) is 47.3 Å². The molecule has 1 aromatic heterocycles. The van der Waals surface area contributed by atoms with Crippen LogP contribution in [0.2, 0.25) is 5.15 Å². The van der Waals surface area contributed by atoms with Crippen molar-refractivity contribution in [1.29, 1.82) is 0 Å². The van der Waals surface area contributed by atoms with Gasteiger partial charge in [0.2, 0.25) is 0 Å². The Hall–Kier alpha value is -0.580. The van der Waals surface area contributed by atoms with Crippen LogP contribution in [0.4, 0.5) is 0 Å². The lowest BCUT2D eigenvalue weighted by molar-refractivity contribution is 0.0845. The third-order valence-corrected chi connectivity index (χ3v) is 3.53. The Balaban J connectivity index is 2.22. The Labute approximate surface area is 100 Å². The molecule has 2 heterocycles. The zero-order valence-corrected chi connectivity index (χ0v) is 10.2. The summed E-state index contributed by atoms with van der Waals surface area (Å²) < 4.78 is 7.19. The van der Waals surface area contributed by atoms with Crippen molar-refractivity contribution in [3.05, 3.63) is 16.7 Å². The van der Waals surface area contributed by atoms with E-state index in [1.807, 2.05) is 11.6 Å². The average molecular weight is 245 g/mol. The maximum Gasteiger partial charge on any atom is 0.132 e. The third kappa shape index (κ3) is 2.24. The van der Waals surface area contributed by atoms with Crippen LogP contribution in [0.15, 0.2) is 0 Å². The maximum atomic E-state index is 8.94. The minimum absolute atomic E-state index is 0.106. The van der Waals surface area contributed by atoms with E-state index in [9.17, 15) is 0 Å². The van der Waals surface area contributed by atoms with Crippen molar-refractivity contribution in [1.82, 2.24) is 9.55 Å². The van der Waals surface area contributed by atoms with Gasteiger partial charge >= 0.3 is 0 Å². The van der Waals surface area contributed by atoms with Crippen LogP contribution in [0.1, 0.15) is 30.3 Å². The van der Waals surface area contributed by atoms with Gasteiger partial charge in [-0.25, -0.2) is 4.98 Å². The second-order valence-corrected chi connectivity index (χ2v) is 4.48. The molecule has 16 heavy (non-hydrogen) atoms. The summed E-state index contributed by atoms with van der Waals surface area (Å²) >= 11 is 6.26. The van der Waals surface area contributed by atoms with Crippen LogP contribution in [0, 0.1) is 0 Å². The first kappa shape index (κ1) is 11.9. The minimum Gasteiger partial charge on any atom is -0.396 e. The molecule has 0 bridgehead atoms. The summed E-state index contributed by atoms with van der Waals surface area (Å²) in [7, 11) is 1.89. The Bertz CT molecular complexity index is 359. The summed E-state index contributed by atoms with van der Waals surface area (Å²) in [4.78, 5) is 4.54. The summed E-state index contributed by atoms with van der Waals surface area (Å²) in [6, 6.07) is 0. The molecule has 90 valence electrons. The molecule has 0 aromatic carbocycles. The quantitative estimate of drug-likeness (QED) is 0.877. The lowest BCUT2D eigenvalue weighted by Crippen LogP contribution is -2.14. The van der Waals surface area contributed by atoms with Gasteiger partial charge < -0.3 is 14.4 Å². The molecule has 1 aliphatic heterocycles. The van der Waals surface area contributed by atoms with Gasteiger partial charge in [-0.15, -0.1) is 0 Å². The van der Waals surface area contributed by atoms with Crippen LogP contribution in [0.25, 0.3) is 0 Å². The number of ether oxygens (including phenoxy) is 1. The molecule has 0 aliphatic carbocycles. The molecule has 1 N–H and O–H groups in total. The highest BCUT2D eigenvalue weighted by atomic mass is 35.5. The molecule has 0 atom stereocenters. The van der Waals surface area contributed by atoms with E-state index in [4.69, 9.17) is 21.4 Å². The van der Waals surface area contributed by atoms with E-state index in [-0.39, 0.29) is 6.61 Å². The van der Waals surface area contributed by atoms with Crippen molar-refractivity contribution in [3.63, 3.8) is 0 Å². The highest BCUT2D eigenvalue weighted by molar-refractivity contribution is 6.30. The van der Waals surface area contributed by atoms with Crippen molar-refractivity contribution in [2.45, 2.75) is 25.2 Å². The number of hydrogen-bond acceptors (Lipinski definition) is 3. The Kier molecular flexibility index (Phi) is 3.84. The number of aromatic nitrogens is 2. The zero-order valence-electron chi connectivity index (χ0n) is 9.45. The van der Waals surface area contributed by atoms with Gasteiger partial charge in [0.1, 0.15) is 11.0 Å². The molecule has 5 heteroatoms. The van der Waals surface area contributed by atoms with E-state index in [0.29, 0.717) is 17.5 Å². The molecule has 0 radical (unpaired) electrons. The molecule has 1 aliphatic rings. The largest absolute Gasteiger partial charge is 0.396 e. The van der Waals surface area contributed by atoms with Crippen molar-refractivity contribution >= 4 is 11.6 Å². The van der Waals surface area contributed by atoms with Gasteiger partial charge in [0.05, 0.1) is 12.3 Å². The normalized spacial score (nSPS) is 17.9. The highest BCUT2D eigenvalue weighted by Gasteiger charge is 2.23. The number of aliphatic hydroxyl groups excluding tert-OH is 1. The van der Waals surface area contributed by atoms with Crippen molar-refractivity contribution < 1.29 is 9.84 Å². The molecule has 0 spiro atoms. The SMILES string of the molecule is Cn1c(CCO)nc(C2CCOCC2)c1Cl. The van der Waals surface area contributed by atoms with Crippen molar-refractivity contribution in [2.24, 2.45) is 7.05 Å². The van der Waals surface area contributed by atoms with Gasteiger partial charge in [-0.2, -0.15) is 0 Å². The van der Waals surface area contributed by atoms with Gasteiger partial charge in [-0.3, -0.25) is 0 Å². The highest BCUT2D eigenvalue weighted by Crippen LogP contribution is 2.31. The average Bonchev–Trinajstić information content (AvgIpc) is 2.59. The maximum absolute atomic E-state index is 8.94. The molecule has 0 amide bonds. The van der Waals surface area contributed by atoms with E-state index in [0.717, 1.165) is 37.6 Å². The van der Waals surface area contributed by atoms with Crippen LogP contribution in [-0.2, 0) is 18.2 Å². The van der Waals surface area contributed by atoms with Crippen molar-refractivity contribution in [3.8, 4) is 0 Å².